The van der Waals surface area contributed by atoms with E-state index in [1.807, 2.05) is 13.8 Å². The van der Waals surface area contributed by atoms with E-state index in [0.29, 0.717) is 24.3 Å². The highest BCUT2D eigenvalue weighted by Gasteiger charge is 2.24. The molecule has 1 aromatic carbocycles. The van der Waals surface area contributed by atoms with Gasteiger partial charge in [-0.2, -0.15) is 0 Å². The van der Waals surface area contributed by atoms with Gasteiger partial charge in [0.2, 0.25) is 5.91 Å². The lowest BCUT2D eigenvalue weighted by molar-refractivity contribution is -0.140. The Bertz CT molecular complexity index is 628. The molecule has 0 aliphatic rings. The van der Waals surface area contributed by atoms with E-state index in [0.717, 1.165) is 25.7 Å². The number of esters is 1. The van der Waals surface area contributed by atoms with Crippen LogP contribution in [0.25, 0.3) is 0 Å². The van der Waals surface area contributed by atoms with Gasteiger partial charge in [0.15, 0.2) is 0 Å². The first-order chi connectivity index (χ1) is 13.4. The van der Waals surface area contributed by atoms with E-state index in [4.69, 9.17) is 4.74 Å². The van der Waals surface area contributed by atoms with Gasteiger partial charge in [0, 0.05) is 18.5 Å². The number of benzene rings is 1. The molecule has 0 saturated carbocycles. The molecular weight excluding hydrogens is 360 g/mol. The number of hydrogen-bond acceptors (Lipinski definition) is 5. The van der Waals surface area contributed by atoms with E-state index in [1.165, 1.54) is 7.11 Å². The second-order valence-corrected chi connectivity index (χ2v) is 6.96. The molecule has 0 aliphatic heterocycles. The van der Waals surface area contributed by atoms with Crippen LogP contribution in [-0.4, -0.2) is 44.6 Å². The highest BCUT2D eigenvalue weighted by atomic mass is 16.5. The molecule has 28 heavy (non-hydrogen) atoms. The van der Waals surface area contributed by atoms with Gasteiger partial charge in [0.25, 0.3) is 5.91 Å². The molecule has 2 amide bonds. The summed E-state index contributed by atoms with van der Waals surface area (Å²) in [7, 11) is 2.95. The standard InChI is InChI=1S/C21H32N2O5/c1-15(2)19(23-20(25)16-10-12-17(27-3)13-11-16)21(26)22-14-8-6-5-7-9-18(24)28-4/h10-13,15,19H,5-9,14H2,1-4H3,(H,22,26)(H,23,25). The second-order valence-electron chi connectivity index (χ2n) is 6.96. The van der Waals surface area contributed by atoms with Gasteiger partial charge >= 0.3 is 5.97 Å². The molecule has 0 aliphatic carbocycles. The smallest absolute Gasteiger partial charge is 0.305 e. The Hall–Kier alpha value is -2.57. The zero-order valence-electron chi connectivity index (χ0n) is 17.2. The predicted molar refractivity (Wildman–Crippen MR) is 107 cm³/mol. The van der Waals surface area contributed by atoms with Gasteiger partial charge in [-0.05, 0) is 43.0 Å². The molecule has 7 heteroatoms. The Morgan fingerprint density at radius 3 is 2.18 bits per heavy atom. The van der Waals surface area contributed by atoms with E-state index in [2.05, 4.69) is 15.4 Å². The van der Waals surface area contributed by atoms with Crippen molar-refractivity contribution in [1.29, 1.82) is 0 Å². The molecule has 0 heterocycles. The van der Waals surface area contributed by atoms with Gasteiger partial charge < -0.3 is 20.1 Å². The van der Waals surface area contributed by atoms with Crippen molar-refractivity contribution in [2.45, 2.75) is 52.0 Å². The van der Waals surface area contributed by atoms with Crippen molar-refractivity contribution in [3.8, 4) is 5.75 Å². The van der Waals surface area contributed by atoms with E-state index < -0.39 is 6.04 Å². The molecule has 0 fully saturated rings. The van der Waals surface area contributed by atoms with Crippen LogP contribution in [0.2, 0.25) is 0 Å². The van der Waals surface area contributed by atoms with Crippen molar-refractivity contribution in [2.24, 2.45) is 5.92 Å². The maximum Gasteiger partial charge on any atom is 0.305 e. The predicted octanol–water partition coefficient (Wildman–Crippen LogP) is 2.69. The molecule has 1 aromatic rings. The van der Waals surface area contributed by atoms with Crippen LogP contribution in [0, 0.1) is 5.92 Å². The van der Waals surface area contributed by atoms with Crippen molar-refractivity contribution < 1.29 is 23.9 Å². The first kappa shape index (κ1) is 23.5. The SMILES string of the molecule is COC(=O)CCCCCCNC(=O)C(NC(=O)c1ccc(OC)cc1)C(C)C. The summed E-state index contributed by atoms with van der Waals surface area (Å²) in [5, 5.41) is 5.69. The molecule has 0 saturated heterocycles. The van der Waals surface area contributed by atoms with Gasteiger partial charge in [-0.3, -0.25) is 14.4 Å². The fourth-order valence-electron chi connectivity index (χ4n) is 2.67. The van der Waals surface area contributed by atoms with Crippen LogP contribution in [0.4, 0.5) is 0 Å². The molecule has 1 rings (SSSR count). The van der Waals surface area contributed by atoms with Crippen LogP contribution in [0.5, 0.6) is 5.75 Å². The van der Waals surface area contributed by atoms with Crippen LogP contribution in [0.3, 0.4) is 0 Å². The topological polar surface area (TPSA) is 93.7 Å². The number of ether oxygens (including phenoxy) is 2. The summed E-state index contributed by atoms with van der Waals surface area (Å²) in [5.74, 6) is -0.0463. The third-order valence-electron chi connectivity index (χ3n) is 4.42. The quantitative estimate of drug-likeness (QED) is 0.421. The van der Waals surface area contributed by atoms with Gasteiger partial charge in [0.1, 0.15) is 11.8 Å². The van der Waals surface area contributed by atoms with Gasteiger partial charge in [0.05, 0.1) is 14.2 Å². The molecule has 2 N–H and O–H groups in total. The highest BCUT2D eigenvalue weighted by molar-refractivity contribution is 5.97. The summed E-state index contributed by atoms with van der Waals surface area (Å²) in [5.41, 5.74) is 0.477. The average Bonchev–Trinajstić information content (AvgIpc) is 2.70. The Labute approximate surface area is 167 Å². The van der Waals surface area contributed by atoms with Crippen molar-refractivity contribution in [1.82, 2.24) is 10.6 Å². The number of carbonyl (C=O) groups excluding carboxylic acids is 3. The molecule has 0 spiro atoms. The number of unbranched alkanes of at least 4 members (excludes halogenated alkanes) is 3. The van der Waals surface area contributed by atoms with Crippen LogP contribution < -0.4 is 15.4 Å². The summed E-state index contributed by atoms with van der Waals surface area (Å²) in [6, 6.07) is 6.14. The largest absolute Gasteiger partial charge is 0.497 e. The third kappa shape index (κ3) is 8.41. The normalized spacial score (nSPS) is 11.6. The Balaban J connectivity index is 2.40. The van der Waals surface area contributed by atoms with Crippen molar-refractivity contribution in [3.63, 3.8) is 0 Å². The molecule has 1 unspecified atom stereocenters. The Kier molecular flexibility index (Phi) is 10.7. The van der Waals surface area contributed by atoms with E-state index in [-0.39, 0.29) is 23.7 Å². The zero-order valence-corrected chi connectivity index (χ0v) is 17.2. The summed E-state index contributed by atoms with van der Waals surface area (Å²) in [4.78, 5) is 35.9. The Morgan fingerprint density at radius 1 is 0.964 bits per heavy atom. The highest BCUT2D eigenvalue weighted by Crippen LogP contribution is 2.12. The van der Waals surface area contributed by atoms with E-state index >= 15 is 0 Å². The maximum atomic E-state index is 12.5. The summed E-state index contributed by atoms with van der Waals surface area (Å²) < 4.78 is 9.68. The van der Waals surface area contributed by atoms with E-state index in [9.17, 15) is 14.4 Å². The lowest BCUT2D eigenvalue weighted by atomic mass is 10.0. The zero-order chi connectivity index (χ0) is 20.9. The lowest BCUT2D eigenvalue weighted by Gasteiger charge is -2.22. The second kappa shape index (κ2) is 12.8. The number of rotatable bonds is 12. The monoisotopic (exact) mass is 392 g/mol. The summed E-state index contributed by atoms with van der Waals surface area (Å²) in [6.07, 6.45) is 3.86. The molecular formula is C21H32N2O5. The molecule has 1 atom stereocenters. The van der Waals surface area contributed by atoms with Crippen LogP contribution in [-0.2, 0) is 14.3 Å². The molecule has 0 radical (unpaired) electrons. The fraction of sp³-hybridized carbons (Fsp3) is 0.571. The first-order valence-electron chi connectivity index (χ1n) is 9.68. The molecule has 156 valence electrons. The number of nitrogens with one attached hydrogen (secondary N) is 2. The van der Waals surface area contributed by atoms with Crippen LogP contribution in [0.15, 0.2) is 24.3 Å². The minimum absolute atomic E-state index is 0.0396. The summed E-state index contributed by atoms with van der Waals surface area (Å²) >= 11 is 0. The van der Waals surface area contributed by atoms with Crippen molar-refractivity contribution in [2.75, 3.05) is 20.8 Å². The molecule has 0 aromatic heterocycles. The fourth-order valence-corrected chi connectivity index (χ4v) is 2.67. The Morgan fingerprint density at radius 2 is 1.61 bits per heavy atom. The minimum Gasteiger partial charge on any atom is -0.497 e. The first-order valence-corrected chi connectivity index (χ1v) is 9.68. The lowest BCUT2D eigenvalue weighted by Crippen LogP contribution is -2.49. The third-order valence-corrected chi connectivity index (χ3v) is 4.42. The number of methoxy groups -OCH3 is 2. The average molecular weight is 392 g/mol. The van der Waals surface area contributed by atoms with E-state index in [1.54, 1.807) is 31.4 Å². The maximum absolute atomic E-state index is 12.5. The van der Waals surface area contributed by atoms with Gasteiger partial charge in [-0.25, -0.2) is 0 Å². The van der Waals surface area contributed by atoms with Crippen molar-refractivity contribution in [3.05, 3.63) is 29.8 Å². The summed E-state index contributed by atoms with van der Waals surface area (Å²) in [6.45, 7) is 4.33. The minimum atomic E-state index is -0.603. The van der Waals surface area contributed by atoms with Crippen LogP contribution in [0.1, 0.15) is 56.3 Å². The van der Waals surface area contributed by atoms with Gasteiger partial charge in [-0.15, -0.1) is 0 Å². The molecule has 7 nitrogen and oxygen atoms in total. The van der Waals surface area contributed by atoms with Crippen LogP contribution >= 0.6 is 0 Å². The number of hydrogen-bond donors (Lipinski definition) is 2. The molecule has 0 bridgehead atoms. The number of carbonyl (C=O) groups is 3. The number of amides is 2. The van der Waals surface area contributed by atoms with Gasteiger partial charge in [-0.1, -0.05) is 26.7 Å². The van der Waals surface area contributed by atoms with Crippen molar-refractivity contribution >= 4 is 17.8 Å².